The first-order valence-electron chi connectivity index (χ1n) is 6.21. The third kappa shape index (κ3) is 1.69. The number of ether oxygens (including phenoxy) is 2. The van der Waals surface area contributed by atoms with E-state index in [1.54, 1.807) is 20.3 Å². The van der Waals surface area contributed by atoms with Crippen molar-refractivity contribution in [2.75, 3.05) is 14.2 Å². The van der Waals surface area contributed by atoms with Crippen molar-refractivity contribution in [2.24, 2.45) is 0 Å². The first kappa shape index (κ1) is 12.0. The van der Waals surface area contributed by atoms with Crippen LogP contribution in [0.4, 0.5) is 4.39 Å². The van der Waals surface area contributed by atoms with Crippen molar-refractivity contribution in [1.82, 2.24) is 0 Å². The molecule has 0 radical (unpaired) electrons. The molecule has 0 saturated heterocycles. The van der Waals surface area contributed by atoms with Crippen LogP contribution < -0.4 is 9.47 Å². The Labute approximate surface area is 111 Å². The van der Waals surface area contributed by atoms with E-state index in [-0.39, 0.29) is 11.7 Å². The Bertz CT molecular complexity index is 649. The van der Waals surface area contributed by atoms with E-state index in [9.17, 15) is 4.39 Å². The van der Waals surface area contributed by atoms with Gasteiger partial charge >= 0.3 is 0 Å². The molecule has 2 nitrogen and oxygen atoms in total. The molecule has 3 rings (SSSR count). The molecule has 98 valence electrons. The fourth-order valence-corrected chi connectivity index (χ4v) is 2.79. The van der Waals surface area contributed by atoms with Gasteiger partial charge in [0.1, 0.15) is 5.82 Å². The van der Waals surface area contributed by atoms with E-state index < -0.39 is 0 Å². The first-order valence-corrected chi connectivity index (χ1v) is 6.21. The second kappa shape index (κ2) is 4.26. The van der Waals surface area contributed by atoms with E-state index in [2.05, 4.69) is 6.92 Å². The van der Waals surface area contributed by atoms with Crippen molar-refractivity contribution in [3.8, 4) is 22.6 Å². The van der Waals surface area contributed by atoms with Gasteiger partial charge in [-0.15, -0.1) is 0 Å². The molecule has 3 heteroatoms. The second-order valence-corrected chi connectivity index (χ2v) is 4.75. The summed E-state index contributed by atoms with van der Waals surface area (Å²) in [7, 11) is 3.23. The van der Waals surface area contributed by atoms with Crippen LogP contribution in [0.2, 0.25) is 0 Å². The van der Waals surface area contributed by atoms with Crippen LogP contribution in [0.5, 0.6) is 11.5 Å². The van der Waals surface area contributed by atoms with E-state index in [1.165, 1.54) is 6.07 Å². The number of hydrogen-bond donors (Lipinski definition) is 0. The van der Waals surface area contributed by atoms with Crippen molar-refractivity contribution in [1.29, 1.82) is 0 Å². The molecule has 0 unspecified atom stereocenters. The highest BCUT2D eigenvalue weighted by Gasteiger charge is 2.27. The van der Waals surface area contributed by atoms with Crippen LogP contribution in [0, 0.1) is 5.82 Å². The van der Waals surface area contributed by atoms with Gasteiger partial charge in [0.2, 0.25) is 0 Å². The SMILES string of the molecule is COc1cc2c(cc1OC)[C@@H](C)c1ccc(F)cc1-2. The van der Waals surface area contributed by atoms with Crippen LogP contribution in [-0.2, 0) is 0 Å². The molecular weight excluding hydrogens is 243 g/mol. The van der Waals surface area contributed by atoms with Crippen LogP contribution >= 0.6 is 0 Å². The summed E-state index contributed by atoms with van der Waals surface area (Å²) in [5, 5.41) is 0. The van der Waals surface area contributed by atoms with Crippen LogP contribution in [-0.4, -0.2) is 14.2 Å². The molecule has 0 aliphatic heterocycles. The normalized spacial score (nSPS) is 15.9. The number of benzene rings is 2. The lowest BCUT2D eigenvalue weighted by Gasteiger charge is -2.12. The maximum absolute atomic E-state index is 13.5. The lowest BCUT2D eigenvalue weighted by Crippen LogP contribution is -1.94. The van der Waals surface area contributed by atoms with Gasteiger partial charge in [0, 0.05) is 5.92 Å². The van der Waals surface area contributed by atoms with E-state index in [4.69, 9.17) is 9.47 Å². The number of rotatable bonds is 2. The molecule has 0 bridgehead atoms. The van der Waals surface area contributed by atoms with Gasteiger partial charge in [0.05, 0.1) is 14.2 Å². The topological polar surface area (TPSA) is 18.5 Å². The van der Waals surface area contributed by atoms with Gasteiger partial charge in [0.15, 0.2) is 11.5 Å². The minimum absolute atomic E-state index is 0.214. The van der Waals surface area contributed by atoms with E-state index in [0.717, 1.165) is 22.3 Å². The van der Waals surface area contributed by atoms with Gasteiger partial charge in [-0.3, -0.25) is 0 Å². The molecule has 0 amide bonds. The molecule has 1 aliphatic carbocycles. The zero-order valence-electron chi connectivity index (χ0n) is 11.2. The Balaban J connectivity index is 2.27. The molecule has 2 aromatic carbocycles. The highest BCUT2D eigenvalue weighted by atomic mass is 19.1. The minimum atomic E-state index is -0.214. The van der Waals surface area contributed by atoms with Gasteiger partial charge < -0.3 is 9.47 Å². The summed E-state index contributed by atoms with van der Waals surface area (Å²) in [5.74, 6) is 1.41. The molecule has 19 heavy (non-hydrogen) atoms. The maximum Gasteiger partial charge on any atom is 0.161 e. The number of fused-ring (bicyclic) bond motifs is 3. The fraction of sp³-hybridized carbons (Fsp3) is 0.250. The summed E-state index contributed by atoms with van der Waals surface area (Å²) in [5.41, 5.74) is 4.27. The lowest BCUT2D eigenvalue weighted by atomic mass is 9.99. The van der Waals surface area contributed by atoms with Crippen molar-refractivity contribution in [3.63, 3.8) is 0 Å². The Kier molecular flexibility index (Phi) is 2.70. The zero-order chi connectivity index (χ0) is 13.6. The Morgan fingerprint density at radius 2 is 1.53 bits per heavy atom. The van der Waals surface area contributed by atoms with Gasteiger partial charge in [-0.25, -0.2) is 4.39 Å². The molecular formula is C16H15FO2. The lowest BCUT2D eigenvalue weighted by molar-refractivity contribution is 0.354. The predicted octanol–water partition coefficient (Wildman–Crippen LogP) is 3.98. The van der Waals surface area contributed by atoms with Crippen molar-refractivity contribution in [3.05, 3.63) is 47.3 Å². The molecule has 0 aromatic heterocycles. The molecule has 0 spiro atoms. The highest BCUT2D eigenvalue weighted by Crippen LogP contribution is 2.48. The van der Waals surface area contributed by atoms with Gasteiger partial charge in [-0.05, 0) is 46.5 Å². The van der Waals surface area contributed by atoms with Crippen LogP contribution in [0.15, 0.2) is 30.3 Å². The molecule has 1 aliphatic rings. The van der Waals surface area contributed by atoms with E-state index >= 15 is 0 Å². The fourth-order valence-electron chi connectivity index (χ4n) is 2.79. The van der Waals surface area contributed by atoms with Gasteiger partial charge in [-0.1, -0.05) is 13.0 Å². The smallest absolute Gasteiger partial charge is 0.161 e. The quantitative estimate of drug-likeness (QED) is 0.811. The van der Waals surface area contributed by atoms with Gasteiger partial charge in [-0.2, -0.15) is 0 Å². The summed E-state index contributed by atoms with van der Waals surface area (Å²) in [6, 6.07) is 8.86. The summed E-state index contributed by atoms with van der Waals surface area (Å²) < 4.78 is 24.1. The van der Waals surface area contributed by atoms with Crippen LogP contribution in [0.1, 0.15) is 24.0 Å². The molecule has 0 fully saturated rings. The van der Waals surface area contributed by atoms with Crippen molar-refractivity contribution in [2.45, 2.75) is 12.8 Å². The zero-order valence-corrected chi connectivity index (χ0v) is 11.2. The number of halogens is 1. The maximum atomic E-state index is 13.5. The minimum Gasteiger partial charge on any atom is -0.493 e. The number of methoxy groups -OCH3 is 2. The van der Waals surface area contributed by atoms with Crippen LogP contribution in [0.3, 0.4) is 0 Å². The predicted molar refractivity (Wildman–Crippen MR) is 72.5 cm³/mol. The van der Waals surface area contributed by atoms with Crippen molar-refractivity contribution >= 4 is 0 Å². The summed E-state index contributed by atoms with van der Waals surface area (Å²) in [6.45, 7) is 2.12. The third-order valence-electron chi connectivity index (χ3n) is 3.79. The summed E-state index contributed by atoms with van der Waals surface area (Å²) in [6.07, 6.45) is 0. The monoisotopic (exact) mass is 258 g/mol. The third-order valence-corrected chi connectivity index (χ3v) is 3.79. The number of hydrogen-bond acceptors (Lipinski definition) is 2. The standard InChI is InChI=1S/C16H15FO2/c1-9-11-5-4-10(17)6-13(11)14-8-16(19-3)15(18-2)7-12(9)14/h4-9H,1-3H3/t9-/m0/s1. The van der Waals surface area contributed by atoms with Crippen molar-refractivity contribution < 1.29 is 13.9 Å². The highest BCUT2D eigenvalue weighted by molar-refractivity contribution is 5.81. The van der Waals surface area contributed by atoms with Gasteiger partial charge in [0.25, 0.3) is 0 Å². The average Bonchev–Trinajstić information content (AvgIpc) is 2.70. The Morgan fingerprint density at radius 3 is 2.21 bits per heavy atom. The van der Waals surface area contributed by atoms with E-state index in [0.29, 0.717) is 11.5 Å². The summed E-state index contributed by atoms with van der Waals surface area (Å²) >= 11 is 0. The Morgan fingerprint density at radius 1 is 0.895 bits per heavy atom. The largest absolute Gasteiger partial charge is 0.493 e. The first-order chi connectivity index (χ1) is 9.15. The molecule has 1 atom stereocenters. The molecule has 0 N–H and O–H groups in total. The average molecular weight is 258 g/mol. The molecule has 0 heterocycles. The molecule has 2 aromatic rings. The van der Waals surface area contributed by atoms with E-state index in [1.807, 2.05) is 18.2 Å². The Hall–Kier alpha value is -2.03. The molecule has 0 saturated carbocycles. The second-order valence-electron chi connectivity index (χ2n) is 4.75. The van der Waals surface area contributed by atoms with Crippen LogP contribution in [0.25, 0.3) is 11.1 Å². The summed E-state index contributed by atoms with van der Waals surface area (Å²) in [4.78, 5) is 0.